The van der Waals surface area contributed by atoms with Crippen molar-refractivity contribution < 1.29 is 29.3 Å². The molecule has 2 N–H and O–H groups in total. The highest BCUT2D eigenvalue weighted by atomic mass is 16.6. The zero-order chi connectivity index (χ0) is 18.6. The number of hydrogen-bond acceptors (Lipinski definition) is 5. The van der Waals surface area contributed by atoms with Gasteiger partial charge >= 0.3 is 5.97 Å². The van der Waals surface area contributed by atoms with Crippen LogP contribution >= 0.6 is 0 Å². The molecule has 0 amide bonds. The summed E-state index contributed by atoms with van der Waals surface area (Å²) in [6.07, 6.45) is 7.88. The van der Waals surface area contributed by atoms with E-state index in [0.717, 1.165) is 25.7 Å². The molecule has 1 aliphatic carbocycles. The second-order valence-electron chi connectivity index (χ2n) is 6.43. The molecule has 1 aliphatic heterocycles. The summed E-state index contributed by atoms with van der Waals surface area (Å²) >= 11 is 0. The Balaban J connectivity index is 2.22. The maximum Gasteiger partial charge on any atom is 0.330 e. The van der Waals surface area contributed by atoms with Gasteiger partial charge in [-0.15, -0.1) is 0 Å². The van der Waals surface area contributed by atoms with Gasteiger partial charge in [0, 0.05) is 23.1 Å². The van der Waals surface area contributed by atoms with Crippen LogP contribution in [0.4, 0.5) is 0 Å². The molecule has 6 nitrogen and oxygen atoms in total. The third-order valence-electron chi connectivity index (χ3n) is 4.65. The van der Waals surface area contributed by atoms with Crippen LogP contribution < -0.4 is 0 Å². The highest BCUT2D eigenvalue weighted by Crippen LogP contribution is 2.48. The molecule has 0 unspecified atom stereocenters. The van der Waals surface area contributed by atoms with Crippen LogP contribution in [0.5, 0.6) is 0 Å². The summed E-state index contributed by atoms with van der Waals surface area (Å²) in [6, 6.07) is 0. The Morgan fingerprint density at radius 1 is 1.32 bits per heavy atom. The Kier molecular flexibility index (Phi) is 6.08. The molecule has 2 aliphatic rings. The number of ketones is 2. The van der Waals surface area contributed by atoms with E-state index >= 15 is 0 Å². The number of carbonyl (C=O) groups is 3. The minimum Gasteiger partial charge on any atom is -0.478 e. The third kappa shape index (κ3) is 3.80. The van der Waals surface area contributed by atoms with Crippen LogP contribution in [0, 0.1) is 0 Å². The number of Topliss-reactive ketones (excluding diaryl/α,β-unsaturated/α-hetero) is 2. The number of epoxide rings is 1. The number of hydrogen-bond donors (Lipinski definition) is 2. The fourth-order valence-corrected chi connectivity index (χ4v) is 2.96. The van der Waals surface area contributed by atoms with Gasteiger partial charge in [-0.25, -0.2) is 4.79 Å². The van der Waals surface area contributed by atoms with Gasteiger partial charge in [0.05, 0.1) is 6.61 Å². The number of rotatable bonds is 9. The number of carboxylic acids is 1. The van der Waals surface area contributed by atoms with E-state index in [0.29, 0.717) is 0 Å². The van der Waals surface area contributed by atoms with Gasteiger partial charge in [-0.1, -0.05) is 38.0 Å². The molecule has 0 bridgehead atoms. The van der Waals surface area contributed by atoms with Crippen LogP contribution in [-0.4, -0.2) is 46.1 Å². The second kappa shape index (κ2) is 7.89. The maximum absolute atomic E-state index is 12.8. The molecule has 0 aromatic rings. The summed E-state index contributed by atoms with van der Waals surface area (Å²) in [5.41, 5.74) is -0.958. The standard InChI is InChI=1S/C19H24O6/c1-3-4-5-6-7-8-13-14(11-20)15(21)17-19(25-17,16(13)22)10-9-12(2)18(23)24/h7-9,17,20H,3-6,10-11H2,1-2H3,(H,23,24)/b8-7+,12-9+/t17-,19+/m1/s1. The fraction of sp³-hybridized carbons (Fsp3) is 0.526. The highest BCUT2D eigenvalue weighted by molar-refractivity contribution is 6.22. The molecular weight excluding hydrogens is 324 g/mol. The molecule has 0 saturated carbocycles. The summed E-state index contributed by atoms with van der Waals surface area (Å²) in [4.78, 5) is 36.2. The Labute approximate surface area is 146 Å². The first-order valence-corrected chi connectivity index (χ1v) is 8.56. The van der Waals surface area contributed by atoms with E-state index in [2.05, 4.69) is 6.92 Å². The molecule has 0 spiro atoms. The lowest BCUT2D eigenvalue weighted by Gasteiger charge is -2.18. The van der Waals surface area contributed by atoms with Crippen LogP contribution in [0.3, 0.4) is 0 Å². The number of ether oxygens (including phenoxy) is 1. The van der Waals surface area contributed by atoms with Crippen LogP contribution in [0.15, 0.2) is 34.9 Å². The van der Waals surface area contributed by atoms with Gasteiger partial charge in [-0.05, 0) is 19.8 Å². The van der Waals surface area contributed by atoms with Gasteiger partial charge in [0.25, 0.3) is 0 Å². The monoisotopic (exact) mass is 348 g/mol. The average molecular weight is 348 g/mol. The number of unbranched alkanes of at least 4 members (excludes halogenated alkanes) is 3. The van der Waals surface area contributed by atoms with Crippen molar-refractivity contribution in [2.24, 2.45) is 0 Å². The maximum atomic E-state index is 12.8. The number of carbonyl (C=O) groups excluding carboxylic acids is 2. The summed E-state index contributed by atoms with van der Waals surface area (Å²) in [7, 11) is 0. The van der Waals surface area contributed by atoms with E-state index in [4.69, 9.17) is 9.84 Å². The van der Waals surface area contributed by atoms with Crippen molar-refractivity contribution in [1.29, 1.82) is 0 Å². The number of allylic oxidation sites excluding steroid dienone is 2. The fourth-order valence-electron chi connectivity index (χ4n) is 2.96. The molecule has 1 saturated heterocycles. The summed E-state index contributed by atoms with van der Waals surface area (Å²) in [5.74, 6) is -1.83. The van der Waals surface area contributed by atoms with Gasteiger partial charge in [0.15, 0.2) is 23.3 Å². The Morgan fingerprint density at radius 2 is 2.04 bits per heavy atom. The molecule has 6 heteroatoms. The minimum absolute atomic E-state index is 0.0340. The second-order valence-corrected chi connectivity index (χ2v) is 6.43. The first-order chi connectivity index (χ1) is 11.9. The first-order valence-electron chi connectivity index (χ1n) is 8.56. The number of carboxylic acid groups (broad SMARTS) is 1. The number of fused-ring (bicyclic) bond motifs is 1. The molecule has 0 aromatic heterocycles. The van der Waals surface area contributed by atoms with Gasteiger partial charge in [0.2, 0.25) is 0 Å². The molecule has 1 fully saturated rings. The van der Waals surface area contributed by atoms with Crippen LogP contribution in [0.1, 0.15) is 46.0 Å². The molecule has 1 heterocycles. The normalized spacial score (nSPS) is 26.4. The lowest BCUT2D eigenvalue weighted by Crippen LogP contribution is -2.38. The molecule has 25 heavy (non-hydrogen) atoms. The van der Waals surface area contributed by atoms with Gasteiger partial charge < -0.3 is 14.9 Å². The smallest absolute Gasteiger partial charge is 0.330 e. The quantitative estimate of drug-likeness (QED) is 0.376. The zero-order valence-electron chi connectivity index (χ0n) is 14.6. The average Bonchev–Trinajstić information content (AvgIpc) is 3.33. The highest BCUT2D eigenvalue weighted by Gasteiger charge is 2.68. The van der Waals surface area contributed by atoms with Crippen LogP contribution in [0.2, 0.25) is 0 Å². The van der Waals surface area contributed by atoms with E-state index in [1.807, 2.05) is 6.08 Å². The van der Waals surface area contributed by atoms with E-state index in [-0.39, 0.29) is 28.9 Å². The van der Waals surface area contributed by atoms with Crippen molar-refractivity contribution in [3.8, 4) is 0 Å². The SMILES string of the molecule is CCCCC/C=C/C1=C(CO)C(=O)[C@H]2O[C@@]2(C/C=C(\C)C(=O)O)C1=O. The van der Waals surface area contributed by atoms with Crippen LogP contribution in [-0.2, 0) is 19.1 Å². The largest absolute Gasteiger partial charge is 0.478 e. The minimum atomic E-state index is -1.31. The summed E-state index contributed by atoms with van der Waals surface area (Å²) < 4.78 is 5.40. The van der Waals surface area contributed by atoms with E-state index in [9.17, 15) is 19.5 Å². The van der Waals surface area contributed by atoms with E-state index in [1.54, 1.807) is 6.08 Å². The van der Waals surface area contributed by atoms with Gasteiger partial charge in [0.1, 0.15) is 0 Å². The lowest BCUT2D eigenvalue weighted by molar-refractivity contribution is -0.132. The first kappa shape index (κ1) is 19.3. The third-order valence-corrected chi connectivity index (χ3v) is 4.65. The van der Waals surface area contributed by atoms with Crippen LogP contribution in [0.25, 0.3) is 0 Å². The number of aliphatic hydroxyl groups excluding tert-OH is 1. The van der Waals surface area contributed by atoms with Crippen molar-refractivity contribution >= 4 is 17.5 Å². The Hall–Kier alpha value is -2.05. The molecule has 0 aromatic carbocycles. The summed E-state index contributed by atoms with van der Waals surface area (Å²) in [5, 5.41) is 18.4. The molecular formula is C19H24O6. The van der Waals surface area contributed by atoms with Gasteiger partial charge in [-0.2, -0.15) is 0 Å². The van der Waals surface area contributed by atoms with E-state index < -0.39 is 30.1 Å². The Morgan fingerprint density at radius 3 is 2.64 bits per heavy atom. The van der Waals surface area contributed by atoms with Gasteiger partial charge in [-0.3, -0.25) is 9.59 Å². The number of aliphatic hydroxyl groups is 1. The molecule has 0 radical (unpaired) electrons. The predicted molar refractivity (Wildman–Crippen MR) is 91.0 cm³/mol. The predicted octanol–water partition coefficient (Wildman–Crippen LogP) is 2.12. The van der Waals surface area contributed by atoms with Crippen molar-refractivity contribution in [2.75, 3.05) is 6.61 Å². The van der Waals surface area contributed by atoms with Crippen molar-refractivity contribution in [2.45, 2.75) is 57.7 Å². The molecule has 136 valence electrons. The van der Waals surface area contributed by atoms with E-state index in [1.165, 1.54) is 13.0 Å². The summed E-state index contributed by atoms with van der Waals surface area (Å²) in [6.45, 7) is 3.01. The zero-order valence-corrected chi connectivity index (χ0v) is 14.6. The van der Waals surface area contributed by atoms with Crippen molar-refractivity contribution in [3.63, 3.8) is 0 Å². The van der Waals surface area contributed by atoms with Crippen molar-refractivity contribution in [3.05, 3.63) is 34.9 Å². The topological polar surface area (TPSA) is 104 Å². The number of aliphatic carboxylic acids is 1. The molecule has 2 atom stereocenters. The lowest BCUT2D eigenvalue weighted by atomic mass is 9.79. The molecule has 2 rings (SSSR count). The Bertz CT molecular complexity index is 669. The van der Waals surface area contributed by atoms with Crippen molar-refractivity contribution in [1.82, 2.24) is 0 Å².